The highest BCUT2D eigenvalue weighted by atomic mass is 19.1. The number of nitrogens with zero attached hydrogens (tertiary/aromatic N) is 2. The molecule has 1 aromatic heterocycles. The second kappa shape index (κ2) is 5.78. The highest BCUT2D eigenvalue weighted by Gasteiger charge is 2.11. The van der Waals surface area contributed by atoms with E-state index in [1.807, 2.05) is 13.2 Å². The molecule has 18 heavy (non-hydrogen) atoms. The van der Waals surface area contributed by atoms with Crippen LogP contribution >= 0.6 is 0 Å². The Bertz CT molecular complexity index is 520. The Morgan fingerprint density at radius 3 is 2.94 bits per heavy atom. The predicted molar refractivity (Wildman–Crippen MR) is 70.7 cm³/mol. The molecule has 96 valence electrons. The molecule has 0 spiro atoms. The topological polar surface area (TPSA) is 29.9 Å². The van der Waals surface area contributed by atoms with Gasteiger partial charge in [0.05, 0.1) is 0 Å². The van der Waals surface area contributed by atoms with E-state index in [0.717, 1.165) is 29.9 Å². The van der Waals surface area contributed by atoms with Gasteiger partial charge in [-0.1, -0.05) is 6.92 Å². The molecule has 0 atom stereocenters. The lowest BCUT2D eigenvalue weighted by Gasteiger charge is -2.11. The first-order valence-electron chi connectivity index (χ1n) is 6.20. The lowest BCUT2D eigenvalue weighted by atomic mass is 10.1. The van der Waals surface area contributed by atoms with Gasteiger partial charge in [0.15, 0.2) is 0 Å². The van der Waals surface area contributed by atoms with Gasteiger partial charge in [0.25, 0.3) is 0 Å². The molecule has 3 nitrogen and oxygen atoms in total. The molecule has 0 saturated heterocycles. The van der Waals surface area contributed by atoms with Crippen LogP contribution in [0.4, 0.5) is 4.39 Å². The molecule has 1 heterocycles. The van der Waals surface area contributed by atoms with Crippen LogP contribution in [0.5, 0.6) is 0 Å². The SMILES string of the molecule is CCCn1ccnc1-c1ccc(F)cc1CNC. The molecule has 0 aliphatic rings. The van der Waals surface area contributed by atoms with E-state index in [9.17, 15) is 4.39 Å². The number of rotatable bonds is 5. The highest BCUT2D eigenvalue weighted by molar-refractivity contribution is 5.60. The van der Waals surface area contributed by atoms with Gasteiger partial charge in [0.2, 0.25) is 0 Å². The Balaban J connectivity index is 2.45. The summed E-state index contributed by atoms with van der Waals surface area (Å²) in [5.74, 6) is 0.694. The fraction of sp³-hybridized carbons (Fsp3) is 0.357. The van der Waals surface area contributed by atoms with Crippen LogP contribution in [0.15, 0.2) is 30.6 Å². The van der Waals surface area contributed by atoms with E-state index in [1.54, 1.807) is 18.3 Å². The van der Waals surface area contributed by atoms with Crippen LogP contribution in [0, 0.1) is 5.82 Å². The smallest absolute Gasteiger partial charge is 0.140 e. The van der Waals surface area contributed by atoms with E-state index in [1.165, 1.54) is 6.07 Å². The van der Waals surface area contributed by atoms with E-state index >= 15 is 0 Å². The summed E-state index contributed by atoms with van der Waals surface area (Å²) in [6, 6.07) is 4.85. The first kappa shape index (κ1) is 12.8. The number of halogens is 1. The average Bonchev–Trinajstić information content (AvgIpc) is 2.78. The van der Waals surface area contributed by atoms with Gasteiger partial charge in [-0.3, -0.25) is 0 Å². The summed E-state index contributed by atoms with van der Waals surface area (Å²) < 4.78 is 15.4. The van der Waals surface area contributed by atoms with E-state index in [2.05, 4.69) is 21.8 Å². The first-order chi connectivity index (χ1) is 8.76. The second-order valence-corrected chi connectivity index (χ2v) is 4.28. The summed E-state index contributed by atoms with van der Waals surface area (Å²) in [5.41, 5.74) is 1.92. The van der Waals surface area contributed by atoms with Crippen molar-refractivity contribution in [2.45, 2.75) is 26.4 Å². The van der Waals surface area contributed by atoms with Crippen molar-refractivity contribution >= 4 is 0 Å². The molecule has 0 aliphatic heterocycles. The molecule has 1 aromatic carbocycles. The highest BCUT2D eigenvalue weighted by Crippen LogP contribution is 2.23. The molecule has 0 aliphatic carbocycles. The zero-order chi connectivity index (χ0) is 13.0. The van der Waals surface area contributed by atoms with Gasteiger partial charge >= 0.3 is 0 Å². The van der Waals surface area contributed by atoms with Crippen molar-refractivity contribution in [2.75, 3.05) is 7.05 Å². The van der Waals surface area contributed by atoms with Crippen LogP contribution in [-0.4, -0.2) is 16.6 Å². The van der Waals surface area contributed by atoms with Crippen molar-refractivity contribution in [2.24, 2.45) is 0 Å². The molecule has 0 radical (unpaired) electrons. The van der Waals surface area contributed by atoms with Gasteiger partial charge in [-0.25, -0.2) is 9.37 Å². The summed E-state index contributed by atoms with van der Waals surface area (Å²) in [6.07, 6.45) is 4.80. The number of aromatic nitrogens is 2. The number of hydrogen-bond donors (Lipinski definition) is 1. The predicted octanol–water partition coefficient (Wildman–Crippen LogP) is 2.82. The van der Waals surface area contributed by atoms with E-state index < -0.39 is 0 Å². The number of aryl methyl sites for hydroxylation is 1. The normalized spacial score (nSPS) is 10.8. The Labute approximate surface area is 107 Å². The van der Waals surface area contributed by atoms with Crippen molar-refractivity contribution < 1.29 is 4.39 Å². The molecule has 0 bridgehead atoms. The van der Waals surface area contributed by atoms with Crippen LogP contribution in [0.3, 0.4) is 0 Å². The van der Waals surface area contributed by atoms with Gasteiger partial charge in [0.1, 0.15) is 11.6 Å². The van der Waals surface area contributed by atoms with Crippen LogP contribution < -0.4 is 5.32 Å². The minimum absolute atomic E-state index is 0.211. The summed E-state index contributed by atoms with van der Waals surface area (Å²) in [4.78, 5) is 4.39. The Morgan fingerprint density at radius 2 is 2.22 bits per heavy atom. The minimum Gasteiger partial charge on any atom is -0.331 e. The number of benzene rings is 1. The van der Waals surface area contributed by atoms with Crippen molar-refractivity contribution in [3.63, 3.8) is 0 Å². The third-order valence-corrected chi connectivity index (χ3v) is 2.86. The van der Waals surface area contributed by atoms with Crippen LogP contribution in [-0.2, 0) is 13.1 Å². The second-order valence-electron chi connectivity index (χ2n) is 4.28. The maximum absolute atomic E-state index is 13.3. The molecule has 0 amide bonds. The summed E-state index contributed by atoms with van der Waals surface area (Å²) in [6.45, 7) is 3.68. The van der Waals surface area contributed by atoms with Crippen molar-refractivity contribution in [3.8, 4) is 11.4 Å². The lowest BCUT2D eigenvalue weighted by Crippen LogP contribution is -2.08. The average molecular weight is 247 g/mol. The molecule has 1 N–H and O–H groups in total. The summed E-state index contributed by atoms with van der Waals surface area (Å²) >= 11 is 0. The zero-order valence-electron chi connectivity index (χ0n) is 10.8. The quantitative estimate of drug-likeness (QED) is 0.880. The molecular formula is C14H18FN3. The third kappa shape index (κ3) is 2.59. The third-order valence-electron chi connectivity index (χ3n) is 2.86. The van der Waals surface area contributed by atoms with Crippen LogP contribution in [0.25, 0.3) is 11.4 Å². The number of hydrogen-bond acceptors (Lipinski definition) is 2. The largest absolute Gasteiger partial charge is 0.331 e. The maximum Gasteiger partial charge on any atom is 0.140 e. The maximum atomic E-state index is 13.3. The summed E-state index contributed by atoms with van der Waals surface area (Å²) in [7, 11) is 1.85. The van der Waals surface area contributed by atoms with Crippen LogP contribution in [0.2, 0.25) is 0 Å². The van der Waals surface area contributed by atoms with Gasteiger partial charge in [-0.15, -0.1) is 0 Å². The molecule has 0 saturated carbocycles. The van der Waals surface area contributed by atoms with E-state index in [4.69, 9.17) is 0 Å². The Kier molecular flexibility index (Phi) is 4.10. The Hall–Kier alpha value is -1.68. The molecule has 0 fully saturated rings. The fourth-order valence-electron chi connectivity index (χ4n) is 2.09. The zero-order valence-corrected chi connectivity index (χ0v) is 10.8. The summed E-state index contributed by atoms with van der Waals surface area (Å²) in [5, 5.41) is 3.06. The molecule has 0 unspecified atom stereocenters. The number of imidazole rings is 1. The minimum atomic E-state index is -0.211. The van der Waals surface area contributed by atoms with Gasteiger partial charge in [0, 0.05) is 31.0 Å². The molecule has 2 aromatic rings. The van der Waals surface area contributed by atoms with Gasteiger partial charge in [-0.2, -0.15) is 0 Å². The lowest BCUT2D eigenvalue weighted by molar-refractivity contribution is 0.623. The molecule has 4 heteroatoms. The van der Waals surface area contributed by atoms with Gasteiger partial charge in [-0.05, 0) is 37.2 Å². The van der Waals surface area contributed by atoms with Crippen molar-refractivity contribution in [3.05, 3.63) is 42.0 Å². The number of nitrogens with one attached hydrogen (secondary N) is 1. The van der Waals surface area contributed by atoms with Crippen LogP contribution in [0.1, 0.15) is 18.9 Å². The van der Waals surface area contributed by atoms with Crippen molar-refractivity contribution in [1.82, 2.24) is 14.9 Å². The monoisotopic (exact) mass is 247 g/mol. The standard InChI is InChI=1S/C14H18FN3/c1-3-7-18-8-6-17-14(18)13-5-4-12(15)9-11(13)10-16-2/h4-6,8-9,16H,3,7,10H2,1-2H3. The van der Waals surface area contributed by atoms with Gasteiger partial charge < -0.3 is 9.88 Å². The fourth-order valence-corrected chi connectivity index (χ4v) is 2.09. The molecule has 2 rings (SSSR count). The first-order valence-corrected chi connectivity index (χ1v) is 6.20. The van der Waals surface area contributed by atoms with E-state index in [-0.39, 0.29) is 5.82 Å². The van der Waals surface area contributed by atoms with E-state index in [0.29, 0.717) is 6.54 Å². The van der Waals surface area contributed by atoms with Crippen molar-refractivity contribution in [1.29, 1.82) is 0 Å². The molecular weight excluding hydrogens is 229 g/mol. The Morgan fingerprint density at radius 1 is 1.39 bits per heavy atom.